The number of anilines is 1. The highest BCUT2D eigenvalue weighted by atomic mass is 35.5. The molecular weight excluding hydrogens is 256 g/mol. The zero-order valence-electron chi connectivity index (χ0n) is 12.5. The second-order valence-corrected chi connectivity index (χ2v) is 6.38. The molecule has 2 rings (SSSR count). The summed E-state index contributed by atoms with van der Waals surface area (Å²) in [6.07, 6.45) is 0. The van der Waals surface area contributed by atoms with Crippen molar-refractivity contribution >= 4 is 17.3 Å². The van der Waals surface area contributed by atoms with Crippen LogP contribution in [0.1, 0.15) is 39.2 Å². The van der Waals surface area contributed by atoms with Gasteiger partial charge >= 0.3 is 0 Å². The summed E-state index contributed by atoms with van der Waals surface area (Å²) in [6.45, 7) is 13.4. The second kappa shape index (κ2) is 6.15. The molecule has 0 bridgehead atoms. The van der Waals surface area contributed by atoms with Crippen molar-refractivity contribution in [2.45, 2.75) is 39.7 Å². The molecule has 106 valence electrons. The van der Waals surface area contributed by atoms with E-state index in [1.807, 2.05) is 0 Å². The predicted octanol–water partition coefficient (Wildman–Crippen LogP) is 3.99. The van der Waals surface area contributed by atoms with Gasteiger partial charge in [-0.3, -0.25) is 4.90 Å². The largest absolute Gasteiger partial charge is 0.369 e. The van der Waals surface area contributed by atoms with Crippen molar-refractivity contribution < 1.29 is 0 Å². The molecule has 0 aromatic heterocycles. The van der Waals surface area contributed by atoms with Crippen molar-refractivity contribution in [3.8, 4) is 0 Å². The Morgan fingerprint density at radius 3 is 2.11 bits per heavy atom. The van der Waals surface area contributed by atoms with Crippen LogP contribution in [-0.4, -0.2) is 37.1 Å². The molecule has 0 spiro atoms. The van der Waals surface area contributed by atoms with E-state index in [1.54, 1.807) is 0 Å². The fraction of sp³-hybridized carbons (Fsp3) is 0.625. The van der Waals surface area contributed by atoms with Gasteiger partial charge in [-0.15, -0.1) is 0 Å². The van der Waals surface area contributed by atoms with Crippen molar-refractivity contribution in [2.24, 2.45) is 0 Å². The molecule has 0 amide bonds. The highest BCUT2D eigenvalue weighted by Crippen LogP contribution is 2.29. The van der Waals surface area contributed by atoms with Crippen LogP contribution < -0.4 is 4.90 Å². The summed E-state index contributed by atoms with van der Waals surface area (Å²) < 4.78 is 0. The number of hydrogen-bond donors (Lipinski definition) is 0. The third-order valence-corrected chi connectivity index (χ3v) is 4.34. The van der Waals surface area contributed by atoms with Gasteiger partial charge in [0.25, 0.3) is 0 Å². The van der Waals surface area contributed by atoms with Crippen LogP contribution in [0.5, 0.6) is 0 Å². The summed E-state index contributed by atoms with van der Waals surface area (Å²) in [5.41, 5.74) is 2.50. The predicted molar refractivity (Wildman–Crippen MR) is 84.5 cm³/mol. The third-order valence-electron chi connectivity index (χ3n) is 4.02. The number of benzene rings is 1. The Bertz CT molecular complexity index is 421. The Morgan fingerprint density at radius 1 is 1.00 bits per heavy atom. The molecule has 0 radical (unpaired) electrons. The van der Waals surface area contributed by atoms with Crippen LogP contribution in [-0.2, 0) is 0 Å². The summed E-state index contributed by atoms with van der Waals surface area (Å²) in [5, 5.41) is 0.902. The number of nitrogens with zero attached hydrogens (tertiary/aromatic N) is 2. The second-order valence-electron chi connectivity index (χ2n) is 5.98. The van der Waals surface area contributed by atoms with Crippen LogP contribution in [0.4, 0.5) is 5.69 Å². The Labute approximate surface area is 122 Å². The maximum Gasteiger partial charge on any atom is 0.0461 e. The quantitative estimate of drug-likeness (QED) is 0.826. The van der Waals surface area contributed by atoms with E-state index in [1.165, 1.54) is 11.3 Å². The van der Waals surface area contributed by atoms with Crippen molar-refractivity contribution in [3.05, 3.63) is 28.8 Å². The minimum Gasteiger partial charge on any atom is -0.369 e. The zero-order chi connectivity index (χ0) is 14.0. The zero-order valence-corrected chi connectivity index (χ0v) is 13.2. The average Bonchev–Trinajstić information content (AvgIpc) is 2.38. The van der Waals surface area contributed by atoms with Crippen LogP contribution in [0.2, 0.25) is 5.02 Å². The van der Waals surface area contributed by atoms with Gasteiger partial charge in [0.1, 0.15) is 0 Å². The summed E-state index contributed by atoms with van der Waals surface area (Å²) >= 11 is 6.39. The monoisotopic (exact) mass is 280 g/mol. The average molecular weight is 281 g/mol. The first-order valence-corrected chi connectivity index (χ1v) is 7.65. The van der Waals surface area contributed by atoms with Crippen LogP contribution in [0, 0.1) is 0 Å². The molecule has 1 fully saturated rings. The molecule has 0 N–H and O–H groups in total. The molecule has 1 aliphatic rings. The fourth-order valence-corrected chi connectivity index (χ4v) is 3.07. The van der Waals surface area contributed by atoms with E-state index in [9.17, 15) is 0 Å². The molecule has 1 heterocycles. The normalized spacial score (nSPS) is 17.5. The van der Waals surface area contributed by atoms with Gasteiger partial charge < -0.3 is 4.90 Å². The number of halogens is 1. The lowest BCUT2D eigenvalue weighted by atomic mass is 10.0. The molecule has 1 aliphatic heterocycles. The van der Waals surface area contributed by atoms with Crippen LogP contribution in [0.25, 0.3) is 0 Å². The molecule has 0 saturated carbocycles. The minimum atomic E-state index is 0.485. The Balaban J connectivity index is 2.06. The lowest BCUT2D eigenvalue weighted by Crippen LogP contribution is -2.48. The highest BCUT2D eigenvalue weighted by Gasteiger charge is 2.19. The molecule has 0 aliphatic carbocycles. The van der Waals surface area contributed by atoms with Gasteiger partial charge in [0, 0.05) is 42.9 Å². The lowest BCUT2D eigenvalue weighted by Gasteiger charge is -2.38. The Morgan fingerprint density at radius 2 is 1.63 bits per heavy atom. The Hall–Kier alpha value is -0.730. The Kier molecular flexibility index (Phi) is 4.75. The molecule has 0 unspecified atom stereocenters. The van der Waals surface area contributed by atoms with Gasteiger partial charge in [0.05, 0.1) is 0 Å². The maximum absolute atomic E-state index is 6.39. The van der Waals surface area contributed by atoms with Gasteiger partial charge in [-0.25, -0.2) is 0 Å². The fourth-order valence-electron chi connectivity index (χ4n) is 2.68. The summed E-state index contributed by atoms with van der Waals surface area (Å²) in [6, 6.07) is 7.17. The molecular formula is C16H25ClN2. The van der Waals surface area contributed by atoms with E-state index in [2.05, 4.69) is 55.7 Å². The standard InChI is InChI=1S/C16H25ClN2/c1-12(2)15-6-5-14(11-16(15)17)19-9-7-18(8-10-19)13(3)4/h5-6,11-13H,7-10H2,1-4H3. The first-order chi connectivity index (χ1) is 8.99. The molecule has 1 saturated heterocycles. The van der Waals surface area contributed by atoms with Crippen LogP contribution >= 0.6 is 11.6 Å². The van der Waals surface area contributed by atoms with Gasteiger partial charge in [0.2, 0.25) is 0 Å². The van der Waals surface area contributed by atoms with E-state index in [-0.39, 0.29) is 0 Å². The van der Waals surface area contributed by atoms with Crippen LogP contribution in [0.3, 0.4) is 0 Å². The topological polar surface area (TPSA) is 6.48 Å². The summed E-state index contributed by atoms with van der Waals surface area (Å²) in [4.78, 5) is 4.97. The maximum atomic E-state index is 6.39. The lowest BCUT2D eigenvalue weighted by molar-refractivity contribution is 0.209. The minimum absolute atomic E-state index is 0.485. The smallest absolute Gasteiger partial charge is 0.0461 e. The molecule has 3 heteroatoms. The van der Waals surface area contributed by atoms with Gasteiger partial charge in [0.15, 0.2) is 0 Å². The SMILES string of the molecule is CC(C)c1ccc(N2CCN(C(C)C)CC2)cc1Cl. The van der Waals surface area contributed by atoms with Crippen molar-refractivity contribution in [2.75, 3.05) is 31.1 Å². The van der Waals surface area contributed by atoms with Crippen LogP contribution in [0.15, 0.2) is 18.2 Å². The number of rotatable bonds is 3. The summed E-state index contributed by atoms with van der Waals surface area (Å²) in [5.74, 6) is 0.485. The first-order valence-electron chi connectivity index (χ1n) is 7.27. The van der Waals surface area contributed by atoms with Gasteiger partial charge in [-0.1, -0.05) is 31.5 Å². The van der Waals surface area contributed by atoms with Crippen molar-refractivity contribution in [1.82, 2.24) is 4.90 Å². The molecule has 1 aromatic carbocycles. The molecule has 2 nitrogen and oxygen atoms in total. The van der Waals surface area contributed by atoms with Crippen molar-refractivity contribution in [3.63, 3.8) is 0 Å². The van der Waals surface area contributed by atoms with E-state index in [0.717, 1.165) is 31.2 Å². The van der Waals surface area contributed by atoms with E-state index in [0.29, 0.717) is 12.0 Å². The van der Waals surface area contributed by atoms with E-state index in [4.69, 9.17) is 11.6 Å². The van der Waals surface area contributed by atoms with E-state index >= 15 is 0 Å². The highest BCUT2D eigenvalue weighted by molar-refractivity contribution is 6.31. The number of hydrogen-bond acceptors (Lipinski definition) is 2. The molecule has 0 atom stereocenters. The van der Waals surface area contributed by atoms with Gasteiger partial charge in [-0.05, 0) is 37.5 Å². The van der Waals surface area contributed by atoms with E-state index < -0.39 is 0 Å². The van der Waals surface area contributed by atoms with Crippen molar-refractivity contribution in [1.29, 1.82) is 0 Å². The summed E-state index contributed by atoms with van der Waals surface area (Å²) in [7, 11) is 0. The third kappa shape index (κ3) is 3.43. The first kappa shape index (κ1) is 14.7. The van der Waals surface area contributed by atoms with Gasteiger partial charge in [-0.2, -0.15) is 0 Å². The molecule has 1 aromatic rings. The number of piperazine rings is 1. The molecule has 19 heavy (non-hydrogen) atoms.